The summed E-state index contributed by atoms with van der Waals surface area (Å²) in [4.78, 5) is 33.5. The Bertz CT molecular complexity index is 1900. The first-order chi connectivity index (χ1) is 23.7. The summed E-state index contributed by atoms with van der Waals surface area (Å²) in [5.41, 5.74) is 4.44. The van der Waals surface area contributed by atoms with Crippen LogP contribution in [0.15, 0.2) is 81.6 Å². The van der Waals surface area contributed by atoms with Crippen LogP contribution in [0.2, 0.25) is 5.02 Å². The van der Waals surface area contributed by atoms with Crippen molar-refractivity contribution in [1.82, 2.24) is 19.7 Å². The van der Waals surface area contributed by atoms with Crippen LogP contribution in [0.4, 0.5) is 11.6 Å². The van der Waals surface area contributed by atoms with Gasteiger partial charge in [-0.15, -0.1) is 5.10 Å². The van der Waals surface area contributed by atoms with Crippen molar-refractivity contribution in [2.75, 3.05) is 50.2 Å². The number of aryl methyl sites for hydroxylation is 1. The molecule has 2 aliphatic rings. The van der Waals surface area contributed by atoms with Crippen LogP contribution in [0.1, 0.15) is 36.6 Å². The Morgan fingerprint density at radius 3 is 2.65 bits per heavy atom. The van der Waals surface area contributed by atoms with E-state index in [2.05, 4.69) is 26.6 Å². The summed E-state index contributed by atoms with van der Waals surface area (Å²) >= 11 is 11.5. The third-order valence-corrected chi connectivity index (χ3v) is 9.86. The van der Waals surface area contributed by atoms with E-state index in [1.54, 1.807) is 9.58 Å². The summed E-state index contributed by atoms with van der Waals surface area (Å²) in [6.07, 6.45) is 0. The minimum atomic E-state index is -0.692. The maximum atomic E-state index is 14.1. The van der Waals surface area contributed by atoms with Gasteiger partial charge in [-0.2, -0.15) is 4.98 Å². The molecule has 2 amide bonds. The molecule has 2 N–H and O–H groups in total. The highest BCUT2D eigenvalue weighted by atomic mass is 79.9. The van der Waals surface area contributed by atoms with Crippen LogP contribution in [0.3, 0.4) is 0 Å². The van der Waals surface area contributed by atoms with Crippen LogP contribution in [-0.4, -0.2) is 71.0 Å². The van der Waals surface area contributed by atoms with Gasteiger partial charge >= 0.3 is 0 Å². The van der Waals surface area contributed by atoms with E-state index >= 15 is 0 Å². The molecule has 11 nitrogen and oxygen atoms in total. The number of aromatic nitrogens is 3. The first-order valence-electron chi connectivity index (χ1n) is 15.8. The SMILES string of the molecule is CCOc1cc(C2C(C(=O)Nc3cccc(C)c3)=C(C)Nc3nc(SCc4ccccc4Cl)nn32)cc(Br)c1OCC(=O)N1CCOCC1. The smallest absolute Gasteiger partial charge is 0.260 e. The van der Waals surface area contributed by atoms with Gasteiger partial charge in [-0.05, 0) is 83.7 Å². The number of nitrogens with one attached hydrogen (secondary N) is 2. The number of amides is 2. The molecule has 3 aromatic carbocycles. The Labute approximate surface area is 302 Å². The van der Waals surface area contributed by atoms with Crippen molar-refractivity contribution in [3.05, 3.63) is 98.1 Å². The van der Waals surface area contributed by atoms with Crippen LogP contribution >= 0.6 is 39.3 Å². The highest BCUT2D eigenvalue weighted by Crippen LogP contribution is 2.43. The first kappa shape index (κ1) is 34.8. The molecular weight excluding hydrogens is 732 g/mol. The number of anilines is 2. The topological polar surface area (TPSA) is 120 Å². The Balaban J connectivity index is 1.36. The molecule has 0 saturated carbocycles. The molecule has 1 unspecified atom stereocenters. The maximum absolute atomic E-state index is 14.1. The van der Waals surface area contributed by atoms with Crippen molar-refractivity contribution < 1.29 is 23.8 Å². The molecule has 1 atom stereocenters. The molecule has 0 spiro atoms. The minimum Gasteiger partial charge on any atom is -0.490 e. The average Bonchev–Trinajstić information content (AvgIpc) is 3.49. The molecule has 0 radical (unpaired) electrons. The van der Waals surface area contributed by atoms with E-state index in [1.807, 2.05) is 81.4 Å². The van der Waals surface area contributed by atoms with Gasteiger partial charge < -0.3 is 29.7 Å². The molecular formula is C35H36BrClN6O5S. The van der Waals surface area contributed by atoms with Gasteiger partial charge in [0.05, 0.1) is 29.9 Å². The third-order valence-electron chi connectivity index (χ3n) is 8.02. The molecule has 2 aliphatic heterocycles. The second kappa shape index (κ2) is 15.7. The van der Waals surface area contributed by atoms with Gasteiger partial charge in [-0.1, -0.05) is 53.7 Å². The van der Waals surface area contributed by atoms with E-state index in [1.165, 1.54) is 11.8 Å². The summed E-state index contributed by atoms with van der Waals surface area (Å²) in [6, 6.07) is 18.3. The number of halogens is 2. The van der Waals surface area contributed by atoms with Crippen molar-refractivity contribution >= 4 is 62.7 Å². The number of thioether (sulfide) groups is 1. The quantitative estimate of drug-likeness (QED) is 0.158. The Morgan fingerprint density at radius 1 is 1.10 bits per heavy atom. The van der Waals surface area contributed by atoms with E-state index in [-0.39, 0.29) is 18.4 Å². The van der Waals surface area contributed by atoms with Gasteiger partial charge in [0.15, 0.2) is 18.1 Å². The number of nitrogens with zero attached hydrogens (tertiary/aromatic N) is 4. The Hall–Kier alpha value is -4.04. The van der Waals surface area contributed by atoms with Gasteiger partial charge in [0, 0.05) is 35.2 Å². The van der Waals surface area contributed by atoms with E-state index in [4.69, 9.17) is 35.9 Å². The number of allylic oxidation sites excluding steroid dienone is 1. The van der Waals surface area contributed by atoms with Crippen LogP contribution < -0.4 is 20.1 Å². The van der Waals surface area contributed by atoms with Crippen molar-refractivity contribution in [3.8, 4) is 11.5 Å². The molecule has 49 heavy (non-hydrogen) atoms. The lowest BCUT2D eigenvalue weighted by Gasteiger charge is -2.29. The van der Waals surface area contributed by atoms with E-state index in [0.29, 0.717) is 93.3 Å². The second-order valence-electron chi connectivity index (χ2n) is 11.5. The standard InChI is InChI=1S/C35H36BrClN6O5S/c1-4-47-28-18-24(17-26(36)32(28)48-19-29(44)42-12-14-46-15-13-42)31-30(33(45)39-25-10-7-8-21(2)16-25)22(3)38-34-40-35(41-43(31)34)49-20-23-9-5-6-11-27(23)37/h5-11,16-18,31H,4,12-15,19-20H2,1-3H3,(H,39,45)(H,38,40,41). The molecule has 1 fully saturated rings. The van der Waals surface area contributed by atoms with Crippen molar-refractivity contribution in [1.29, 1.82) is 0 Å². The lowest BCUT2D eigenvalue weighted by atomic mass is 9.94. The van der Waals surface area contributed by atoms with Crippen molar-refractivity contribution in [2.45, 2.75) is 37.7 Å². The number of rotatable bonds is 11. The number of hydrogen-bond donors (Lipinski definition) is 2. The lowest BCUT2D eigenvalue weighted by molar-refractivity contribution is -0.137. The molecule has 1 aromatic heterocycles. The molecule has 6 rings (SSSR count). The zero-order chi connectivity index (χ0) is 34.5. The fraction of sp³-hybridized carbons (Fsp3) is 0.314. The largest absolute Gasteiger partial charge is 0.490 e. The first-order valence-corrected chi connectivity index (χ1v) is 18.0. The van der Waals surface area contributed by atoms with Crippen LogP contribution in [-0.2, 0) is 20.1 Å². The summed E-state index contributed by atoms with van der Waals surface area (Å²) in [7, 11) is 0. The Kier molecular flexibility index (Phi) is 11.1. The number of morpholine rings is 1. The van der Waals surface area contributed by atoms with Crippen LogP contribution in [0.5, 0.6) is 11.5 Å². The maximum Gasteiger partial charge on any atom is 0.260 e. The second-order valence-corrected chi connectivity index (χ2v) is 13.7. The van der Waals surface area contributed by atoms with Gasteiger partial charge in [-0.3, -0.25) is 9.59 Å². The summed E-state index contributed by atoms with van der Waals surface area (Å²) in [5, 5.41) is 12.4. The number of ether oxygens (including phenoxy) is 3. The highest BCUT2D eigenvalue weighted by Gasteiger charge is 2.36. The summed E-state index contributed by atoms with van der Waals surface area (Å²) in [6.45, 7) is 7.93. The van der Waals surface area contributed by atoms with Crippen LogP contribution in [0.25, 0.3) is 0 Å². The minimum absolute atomic E-state index is 0.136. The molecule has 0 bridgehead atoms. The van der Waals surface area contributed by atoms with Gasteiger partial charge in [0.25, 0.3) is 11.8 Å². The van der Waals surface area contributed by atoms with Gasteiger partial charge in [-0.25, -0.2) is 4.68 Å². The van der Waals surface area contributed by atoms with Crippen molar-refractivity contribution in [3.63, 3.8) is 0 Å². The molecule has 4 aromatic rings. The van der Waals surface area contributed by atoms with Crippen LogP contribution in [0, 0.1) is 6.92 Å². The predicted molar refractivity (Wildman–Crippen MR) is 194 cm³/mol. The van der Waals surface area contributed by atoms with Crippen molar-refractivity contribution in [2.24, 2.45) is 0 Å². The third kappa shape index (κ3) is 8.07. The number of hydrogen-bond acceptors (Lipinski definition) is 9. The number of carbonyl (C=O) groups excluding carboxylic acids is 2. The fourth-order valence-electron chi connectivity index (χ4n) is 5.66. The normalized spacial score (nSPS) is 15.8. The van der Waals surface area contributed by atoms with E-state index in [9.17, 15) is 9.59 Å². The molecule has 0 aliphatic carbocycles. The lowest BCUT2D eigenvalue weighted by Crippen LogP contribution is -2.43. The van der Waals surface area contributed by atoms with E-state index < -0.39 is 6.04 Å². The number of fused-ring (bicyclic) bond motifs is 1. The average molecular weight is 768 g/mol. The Morgan fingerprint density at radius 2 is 1.90 bits per heavy atom. The van der Waals surface area contributed by atoms with Gasteiger partial charge in [0.1, 0.15) is 6.04 Å². The molecule has 1 saturated heterocycles. The van der Waals surface area contributed by atoms with Gasteiger partial charge in [0.2, 0.25) is 11.1 Å². The molecule has 14 heteroatoms. The summed E-state index contributed by atoms with van der Waals surface area (Å²) in [5.74, 6) is 1.44. The number of carbonyl (C=O) groups is 2. The van der Waals surface area contributed by atoms with E-state index in [0.717, 1.165) is 11.1 Å². The number of benzene rings is 3. The fourth-order valence-corrected chi connectivity index (χ4v) is 7.35. The molecule has 256 valence electrons. The predicted octanol–water partition coefficient (Wildman–Crippen LogP) is 6.86. The summed E-state index contributed by atoms with van der Waals surface area (Å²) < 4.78 is 19.8. The zero-order valence-corrected chi connectivity index (χ0v) is 30.5. The highest BCUT2D eigenvalue weighted by molar-refractivity contribution is 9.10. The molecule has 3 heterocycles. The monoisotopic (exact) mass is 766 g/mol. The zero-order valence-electron chi connectivity index (χ0n) is 27.3.